The zero-order chi connectivity index (χ0) is 13.0. The van der Waals surface area contributed by atoms with Gasteiger partial charge in [0.1, 0.15) is 0 Å². The molecule has 0 aliphatic carbocycles. The molecular weight excluding hydrogens is 218 g/mol. The number of rotatable bonds is 3. The molecule has 0 bridgehead atoms. The monoisotopic (exact) mass is 239 g/mol. The molecule has 2 aromatic rings. The standard InChI is InChI=1S/C17H21N/c1-17(2,3)18(16-12-8-5-9-13-16)14-15-10-6-4-7-11-15/h4-13H,14H2,1-3H3. The van der Waals surface area contributed by atoms with E-state index in [1.165, 1.54) is 11.3 Å². The fourth-order valence-corrected chi connectivity index (χ4v) is 2.09. The first kappa shape index (κ1) is 12.7. The minimum atomic E-state index is 0.108. The van der Waals surface area contributed by atoms with Crippen LogP contribution in [-0.2, 0) is 6.54 Å². The first-order valence-electron chi connectivity index (χ1n) is 6.44. The molecule has 2 aromatic carbocycles. The number of nitrogens with zero attached hydrogens (tertiary/aromatic N) is 1. The highest BCUT2D eigenvalue weighted by molar-refractivity contribution is 5.49. The van der Waals surface area contributed by atoms with E-state index in [1.54, 1.807) is 0 Å². The Morgan fingerprint density at radius 1 is 0.778 bits per heavy atom. The van der Waals surface area contributed by atoms with Gasteiger partial charge in [0.2, 0.25) is 0 Å². The van der Waals surface area contributed by atoms with E-state index < -0.39 is 0 Å². The van der Waals surface area contributed by atoms with Gasteiger partial charge in [-0.05, 0) is 38.5 Å². The lowest BCUT2D eigenvalue weighted by Gasteiger charge is -2.38. The Morgan fingerprint density at radius 2 is 1.28 bits per heavy atom. The van der Waals surface area contributed by atoms with Crippen LogP contribution in [0.25, 0.3) is 0 Å². The largest absolute Gasteiger partial charge is 0.362 e. The molecule has 0 unspecified atom stereocenters. The first-order valence-corrected chi connectivity index (χ1v) is 6.44. The normalized spacial score (nSPS) is 11.3. The molecule has 18 heavy (non-hydrogen) atoms. The van der Waals surface area contributed by atoms with Crippen molar-refractivity contribution in [3.8, 4) is 0 Å². The summed E-state index contributed by atoms with van der Waals surface area (Å²) in [6, 6.07) is 21.2. The van der Waals surface area contributed by atoms with Crippen LogP contribution in [0.4, 0.5) is 5.69 Å². The molecule has 94 valence electrons. The van der Waals surface area contributed by atoms with Crippen molar-refractivity contribution in [1.82, 2.24) is 0 Å². The highest BCUT2D eigenvalue weighted by Crippen LogP contribution is 2.25. The van der Waals surface area contributed by atoms with E-state index in [0.29, 0.717) is 0 Å². The second-order valence-electron chi connectivity index (χ2n) is 5.58. The molecule has 0 spiro atoms. The third-order valence-corrected chi connectivity index (χ3v) is 3.06. The number of benzene rings is 2. The summed E-state index contributed by atoms with van der Waals surface area (Å²) in [5.41, 5.74) is 2.72. The zero-order valence-corrected chi connectivity index (χ0v) is 11.4. The quantitative estimate of drug-likeness (QED) is 0.762. The average Bonchev–Trinajstić information content (AvgIpc) is 2.37. The maximum absolute atomic E-state index is 2.43. The van der Waals surface area contributed by atoms with Crippen molar-refractivity contribution in [2.75, 3.05) is 4.90 Å². The lowest BCUT2D eigenvalue weighted by molar-refractivity contribution is 0.501. The number of hydrogen-bond acceptors (Lipinski definition) is 1. The Labute approximate surface area is 110 Å². The Bertz CT molecular complexity index is 468. The van der Waals surface area contributed by atoms with Crippen LogP contribution in [0.15, 0.2) is 60.7 Å². The van der Waals surface area contributed by atoms with Crippen molar-refractivity contribution in [3.63, 3.8) is 0 Å². The fourth-order valence-electron chi connectivity index (χ4n) is 2.09. The Kier molecular flexibility index (Phi) is 3.71. The van der Waals surface area contributed by atoms with E-state index in [9.17, 15) is 0 Å². The van der Waals surface area contributed by atoms with Crippen LogP contribution in [0.3, 0.4) is 0 Å². The predicted molar refractivity (Wildman–Crippen MR) is 78.8 cm³/mol. The predicted octanol–water partition coefficient (Wildman–Crippen LogP) is 4.49. The molecule has 0 aromatic heterocycles. The van der Waals surface area contributed by atoms with Gasteiger partial charge in [-0.15, -0.1) is 0 Å². The van der Waals surface area contributed by atoms with Crippen molar-refractivity contribution in [1.29, 1.82) is 0 Å². The van der Waals surface area contributed by atoms with Gasteiger partial charge < -0.3 is 4.90 Å². The Balaban J connectivity index is 2.28. The number of anilines is 1. The molecule has 0 saturated carbocycles. The van der Waals surface area contributed by atoms with Gasteiger partial charge in [-0.2, -0.15) is 0 Å². The van der Waals surface area contributed by atoms with Gasteiger partial charge in [0, 0.05) is 17.8 Å². The van der Waals surface area contributed by atoms with Crippen molar-refractivity contribution in [2.24, 2.45) is 0 Å². The molecule has 1 nitrogen and oxygen atoms in total. The molecule has 0 radical (unpaired) electrons. The summed E-state index contributed by atoms with van der Waals surface area (Å²) in [6.07, 6.45) is 0. The summed E-state index contributed by atoms with van der Waals surface area (Å²) in [5.74, 6) is 0. The van der Waals surface area contributed by atoms with E-state index in [4.69, 9.17) is 0 Å². The van der Waals surface area contributed by atoms with E-state index >= 15 is 0 Å². The van der Waals surface area contributed by atoms with E-state index in [1.807, 2.05) is 0 Å². The second kappa shape index (κ2) is 5.26. The fraction of sp³-hybridized carbons (Fsp3) is 0.294. The van der Waals surface area contributed by atoms with E-state index in [2.05, 4.69) is 86.3 Å². The van der Waals surface area contributed by atoms with E-state index in [0.717, 1.165) is 6.54 Å². The summed E-state index contributed by atoms with van der Waals surface area (Å²) < 4.78 is 0. The van der Waals surface area contributed by atoms with Crippen LogP contribution in [-0.4, -0.2) is 5.54 Å². The molecule has 0 aliphatic rings. The smallest absolute Gasteiger partial charge is 0.0434 e. The van der Waals surface area contributed by atoms with Gasteiger partial charge in [-0.3, -0.25) is 0 Å². The molecule has 2 rings (SSSR count). The van der Waals surface area contributed by atoms with Crippen molar-refractivity contribution >= 4 is 5.69 Å². The Morgan fingerprint density at radius 3 is 1.78 bits per heavy atom. The van der Waals surface area contributed by atoms with Gasteiger partial charge in [0.25, 0.3) is 0 Å². The zero-order valence-electron chi connectivity index (χ0n) is 11.4. The molecule has 0 N–H and O–H groups in total. The van der Waals surface area contributed by atoms with Crippen LogP contribution in [0.5, 0.6) is 0 Å². The first-order chi connectivity index (χ1) is 8.57. The van der Waals surface area contributed by atoms with Gasteiger partial charge in [-0.1, -0.05) is 48.5 Å². The summed E-state index contributed by atoms with van der Waals surface area (Å²) in [5, 5.41) is 0. The molecule has 0 fully saturated rings. The van der Waals surface area contributed by atoms with E-state index in [-0.39, 0.29) is 5.54 Å². The summed E-state index contributed by atoms with van der Waals surface area (Å²) in [6.45, 7) is 7.70. The van der Waals surface area contributed by atoms with Gasteiger partial charge in [-0.25, -0.2) is 0 Å². The molecule has 0 aliphatic heterocycles. The average molecular weight is 239 g/mol. The molecule has 0 heterocycles. The molecule has 1 heteroatoms. The number of hydrogen-bond donors (Lipinski definition) is 0. The summed E-state index contributed by atoms with van der Waals surface area (Å²) in [7, 11) is 0. The van der Waals surface area contributed by atoms with Crippen molar-refractivity contribution < 1.29 is 0 Å². The maximum atomic E-state index is 2.43. The molecular formula is C17H21N. The highest BCUT2D eigenvalue weighted by atomic mass is 15.2. The van der Waals surface area contributed by atoms with Crippen LogP contribution < -0.4 is 4.90 Å². The lowest BCUT2D eigenvalue weighted by Crippen LogP contribution is -2.40. The van der Waals surface area contributed by atoms with Gasteiger partial charge in [0.15, 0.2) is 0 Å². The van der Waals surface area contributed by atoms with Gasteiger partial charge >= 0.3 is 0 Å². The summed E-state index contributed by atoms with van der Waals surface area (Å²) >= 11 is 0. The second-order valence-corrected chi connectivity index (χ2v) is 5.58. The van der Waals surface area contributed by atoms with Gasteiger partial charge in [0.05, 0.1) is 0 Å². The third kappa shape index (κ3) is 3.13. The Hall–Kier alpha value is -1.76. The van der Waals surface area contributed by atoms with Crippen LogP contribution in [0, 0.1) is 0 Å². The highest BCUT2D eigenvalue weighted by Gasteiger charge is 2.21. The molecule has 0 saturated heterocycles. The minimum Gasteiger partial charge on any atom is -0.362 e. The van der Waals surface area contributed by atoms with Crippen LogP contribution in [0.1, 0.15) is 26.3 Å². The molecule has 0 amide bonds. The van der Waals surface area contributed by atoms with Crippen molar-refractivity contribution in [3.05, 3.63) is 66.2 Å². The maximum Gasteiger partial charge on any atom is 0.0434 e. The third-order valence-electron chi connectivity index (χ3n) is 3.06. The molecule has 0 atom stereocenters. The SMILES string of the molecule is CC(C)(C)N(Cc1ccccc1)c1ccccc1. The van der Waals surface area contributed by atoms with Crippen LogP contribution in [0.2, 0.25) is 0 Å². The minimum absolute atomic E-state index is 0.108. The van der Waals surface area contributed by atoms with Crippen molar-refractivity contribution in [2.45, 2.75) is 32.9 Å². The summed E-state index contributed by atoms with van der Waals surface area (Å²) in [4.78, 5) is 2.43. The van der Waals surface area contributed by atoms with Crippen LogP contribution >= 0.6 is 0 Å². The lowest BCUT2D eigenvalue weighted by atomic mass is 10.0. The topological polar surface area (TPSA) is 3.24 Å². The number of para-hydroxylation sites is 1.